The second-order valence-electron chi connectivity index (χ2n) is 9.04. The Labute approximate surface area is 202 Å². The minimum atomic E-state index is -4.06. The molecule has 0 atom stereocenters. The van der Waals surface area contributed by atoms with Gasteiger partial charge in [0.1, 0.15) is 5.69 Å². The summed E-state index contributed by atoms with van der Waals surface area (Å²) in [5, 5.41) is 9.97. The molecule has 0 saturated carbocycles. The number of pyridine rings is 1. The summed E-state index contributed by atoms with van der Waals surface area (Å²) in [6.07, 6.45) is 1.21. The van der Waals surface area contributed by atoms with E-state index in [-0.39, 0.29) is 37.8 Å². The van der Waals surface area contributed by atoms with Crippen molar-refractivity contribution in [1.29, 1.82) is 0 Å². The Balaban J connectivity index is 1.74. The van der Waals surface area contributed by atoms with Crippen LogP contribution >= 0.6 is 11.6 Å². The van der Waals surface area contributed by atoms with Crippen molar-refractivity contribution in [2.24, 2.45) is 0 Å². The van der Waals surface area contributed by atoms with E-state index in [1.165, 1.54) is 42.6 Å². The first-order chi connectivity index (χ1) is 15.8. The van der Waals surface area contributed by atoms with Crippen LogP contribution < -0.4 is 14.4 Å². The molecule has 0 aliphatic carbocycles. The van der Waals surface area contributed by atoms with E-state index in [1.54, 1.807) is 19.1 Å². The van der Waals surface area contributed by atoms with Crippen LogP contribution in [0.4, 0.5) is 11.4 Å². The molecule has 176 valence electrons. The fourth-order valence-electron chi connectivity index (χ4n) is 3.67. The van der Waals surface area contributed by atoms with Crippen LogP contribution in [0.2, 0.25) is 5.02 Å². The van der Waals surface area contributed by atoms with Crippen molar-refractivity contribution in [2.45, 2.75) is 38.0 Å². The molecule has 0 saturated heterocycles. The van der Waals surface area contributed by atoms with Crippen LogP contribution in [-0.4, -0.2) is 25.4 Å². The standard InChI is InChI=1S/C24H22ClN3O5S/c1-14-5-8-16(13-27(14)31)28-22(29)20-18(25)11-12-19(21(20)23(28)30)26-34(32,33)17-9-6-15(7-10-17)24(2,3)4/h5-13H,1-4H3,(H-,26,30,31)/p+1. The summed E-state index contributed by atoms with van der Waals surface area (Å²) in [5.41, 5.74) is 1.09. The van der Waals surface area contributed by atoms with Gasteiger partial charge in [-0.2, -0.15) is 0 Å². The molecule has 2 aromatic carbocycles. The average Bonchev–Trinajstić information content (AvgIpc) is 3.03. The Morgan fingerprint density at radius 2 is 1.56 bits per heavy atom. The quantitative estimate of drug-likeness (QED) is 0.319. The van der Waals surface area contributed by atoms with Gasteiger partial charge in [0.25, 0.3) is 21.8 Å². The maximum atomic E-state index is 13.3. The lowest BCUT2D eigenvalue weighted by Crippen LogP contribution is -2.37. The number of amides is 2. The van der Waals surface area contributed by atoms with Crippen molar-refractivity contribution in [3.8, 4) is 0 Å². The van der Waals surface area contributed by atoms with Crippen molar-refractivity contribution in [2.75, 3.05) is 9.62 Å². The summed E-state index contributed by atoms with van der Waals surface area (Å²) in [6.45, 7) is 7.70. The maximum Gasteiger partial charge on any atom is 0.268 e. The molecular formula is C24H23ClN3O5S+. The lowest BCUT2D eigenvalue weighted by molar-refractivity contribution is -0.908. The second-order valence-corrected chi connectivity index (χ2v) is 11.1. The SMILES string of the molecule is Cc1ccc(N2C(=O)c3c(Cl)ccc(NS(=O)(=O)c4ccc(C(C)(C)C)cc4)c3C2=O)c[n+]1O. The maximum absolute atomic E-state index is 13.3. The molecule has 0 spiro atoms. The summed E-state index contributed by atoms with van der Waals surface area (Å²) in [7, 11) is -4.06. The summed E-state index contributed by atoms with van der Waals surface area (Å²) in [4.78, 5) is 27.2. The molecular weight excluding hydrogens is 478 g/mol. The molecule has 1 aliphatic rings. The zero-order valence-electron chi connectivity index (χ0n) is 19.0. The third-order valence-corrected chi connectivity index (χ3v) is 7.33. The number of aromatic nitrogens is 1. The first kappa shape index (κ1) is 23.7. The first-order valence-electron chi connectivity index (χ1n) is 10.4. The van der Waals surface area contributed by atoms with Gasteiger partial charge < -0.3 is 0 Å². The molecule has 1 aliphatic heterocycles. The van der Waals surface area contributed by atoms with Gasteiger partial charge in [-0.05, 0) is 41.3 Å². The molecule has 0 radical (unpaired) electrons. The topological polar surface area (TPSA) is 108 Å². The van der Waals surface area contributed by atoms with Gasteiger partial charge >= 0.3 is 0 Å². The summed E-state index contributed by atoms with van der Waals surface area (Å²) < 4.78 is 29.4. The molecule has 8 nitrogen and oxygen atoms in total. The summed E-state index contributed by atoms with van der Waals surface area (Å²) in [5.74, 6) is -1.48. The summed E-state index contributed by atoms with van der Waals surface area (Å²) in [6, 6.07) is 12.2. The number of carbonyl (C=O) groups is 2. The first-order valence-corrected chi connectivity index (χ1v) is 12.2. The monoisotopic (exact) mass is 500 g/mol. The smallest absolute Gasteiger partial charge is 0.268 e. The van der Waals surface area contributed by atoms with Crippen molar-refractivity contribution in [3.05, 3.63) is 82.1 Å². The molecule has 1 aromatic heterocycles. The molecule has 2 amide bonds. The van der Waals surface area contributed by atoms with Crippen LogP contribution in [0.25, 0.3) is 0 Å². The number of anilines is 2. The highest BCUT2D eigenvalue weighted by Gasteiger charge is 2.42. The van der Waals surface area contributed by atoms with Crippen molar-refractivity contribution in [3.63, 3.8) is 0 Å². The lowest BCUT2D eigenvalue weighted by atomic mass is 9.87. The normalized spacial score (nSPS) is 13.9. The van der Waals surface area contributed by atoms with Gasteiger partial charge in [-0.15, -0.1) is 0 Å². The van der Waals surface area contributed by atoms with E-state index in [2.05, 4.69) is 4.72 Å². The molecule has 0 unspecified atom stereocenters. The van der Waals surface area contributed by atoms with E-state index in [1.807, 2.05) is 20.8 Å². The van der Waals surface area contributed by atoms with Crippen LogP contribution in [0, 0.1) is 6.92 Å². The van der Waals surface area contributed by atoms with E-state index < -0.39 is 21.8 Å². The van der Waals surface area contributed by atoms with E-state index in [0.29, 0.717) is 5.69 Å². The number of halogens is 1. The molecule has 10 heteroatoms. The Bertz CT molecular complexity index is 1440. The van der Waals surface area contributed by atoms with E-state index >= 15 is 0 Å². The molecule has 0 fully saturated rings. The fraction of sp³-hybridized carbons (Fsp3) is 0.208. The van der Waals surface area contributed by atoms with E-state index in [4.69, 9.17) is 11.6 Å². The molecule has 34 heavy (non-hydrogen) atoms. The fourth-order valence-corrected chi connectivity index (χ4v) is 4.98. The Hall–Kier alpha value is -3.43. The molecule has 0 bridgehead atoms. The number of imide groups is 1. The number of nitrogens with zero attached hydrogens (tertiary/aromatic N) is 2. The molecule has 3 aromatic rings. The lowest BCUT2D eigenvalue weighted by Gasteiger charge is -2.19. The van der Waals surface area contributed by atoms with Crippen LogP contribution in [0.3, 0.4) is 0 Å². The number of carbonyl (C=O) groups excluding carboxylic acids is 2. The Morgan fingerprint density at radius 3 is 2.15 bits per heavy atom. The Kier molecular flexibility index (Phi) is 5.65. The van der Waals surface area contributed by atoms with Crippen molar-refractivity contribution in [1.82, 2.24) is 0 Å². The highest BCUT2D eigenvalue weighted by Crippen LogP contribution is 2.37. The number of sulfonamides is 1. The van der Waals surface area contributed by atoms with Crippen LogP contribution in [0.15, 0.2) is 59.6 Å². The number of fused-ring (bicyclic) bond motifs is 1. The largest absolute Gasteiger partial charge is 0.285 e. The molecule has 2 N–H and O–H groups in total. The van der Waals surface area contributed by atoms with Gasteiger partial charge in [-0.1, -0.05) is 44.5 Å². The van der Waals surface area contributed by atoms with Gasteiger partial charge in [-0.3, -0.25) is 19.5 Å². The molecule has 2 heterocycles. The summed E-state index contributed by atoms with van der Waals surface area (Å²) >= 11 is 6.23. The van der Waals surface area contributed by atoms with Crippen molar-refractivity contribution >= 4 is 44.8 Å². The van der Waals surface area contributed by atoms with Crippen LogP contribution in [0.1, 0.15) is 52.7 Å². The van der Waals surface area contributed by atoms with E-state index in [9.17, 15) is 23.2 Å². The average molecular weight is 501 g/mol. The number of nitrogens with one attached hydrogen (secondary N) is 1. The van der Waals surface area contributed by atoms with Gasteiger partial charge in [0.05, 0.1) is 26.7 Å². The number of aryl methyl sites for hydroxylation is 1. The number of benzene rings is 2. The zero-order chi connectivity index (χ0) is 25.0. The predicted octanol–water partition coefficient (Wildman–Crippen LogP) is 4.07. The minimum absolute atomic E-state index is 0.0114. The molecule has 4 rings (SSSR count). The van der Waals surface area contributed by atoms with Crippen LogP contribution in [0.5, 0.6) is 0 Å². The van der Waals surface area contributed by atoms with Gasteiger partial charge in [0, 0.05) is 17.7 Å². The predicted molar refractivity (Wildman–Crippen MR) is 127 cm³/mol. The number of hydrogen-bond donors (Lipinski definition) is 2. The zero-order valence-corrected chi connectivity index (χ0v) is 20.5. The van der Waals surface area contributed by atoms with Gasteiger partial charge in [0.15, 0.2) is 0 Å². The number of rotatable bonds is 4. The minimum Gasteiger partial charge on any atom is -0.285 e. The highest BCUT2D eigenvalue weighted by atomic mass is 35.5. The highest BCUT2D eigenvalue weighted by molar-refractivity contribution is 7.92. The van der Waals surface area contributed by atoms with Gasteiger partial charge in [-0.25, -0.2) is 13.3 Å². The van der Waals surface area contributed by atoms with E-state index in [0.717, 1.165) is 15.2 Å². The second kappa shape index (κ2) is 8.11. The Morgan fingerprint density at radius 1 is 0.941 bits per heavy atom. The van der Waals surface area contributed by atoms with Gasteiger partial charge in [0.2, 0.25) is 11.9 Å². The number of hydrogen-bond acceptors (Lipinski definition) is 5. The van der Waals surface area contributed by atoms with Crippen molar-refractivity contribution < 1.29 is 27.9 Å². The third-order valence-electron chi connectivity index (χ3n) is 5.63. The third kappa shape index (κ3) is 4.01. The van der Waals surface area contributed by atoms with Crippen LogP contribution in [-0.2, 0) is 15.4 Å².